The number of rotatable bonds is 5. The molecule has 3 N–H and O–H groups in total. The van der Waals surface area contributed by atoms with Gasteiger partial charge in [-0.05, 0) is 62.3 Å². The highest BCUT2D eigenvalue weighted by Crippen LogP contribution is 2.47. The van der Waals surface area contributed by atoms with Crippen LogP contribution < -0.4 is 16.2 Å². The topological polar surface area (TPSA) is 86.9 Å². The fourth-order valence-corrected chi connectivity index (χ4v) is 5.04. The SMILES string of the molecule is CCc1n[nH]c(=O)c(CNC(=O)NC2CCC3(CCCCC3)CC2)c1CC. The number of carbonyl (C=O) groups excluding carboxylic acids is 1. The molecule has 1 spiro atoms. The van der Waals surface area contributed by atoms with Crippen molar-refractivity contribution in [3.8, 4) is 0 Å². The van der Waals surface area contributed by atoms with Crippen LogP contribution in [0.2, 0.25) is 0 Å². The summed E-state index contributed by atoms with van der Waals surface area (Å²) in [6.07, 6.45) is 13.0. The van der Waals surface area contributed by atoms with Crippen molar-refractivity contribution in [2.24, 2.45) is 5.41 Å². The minimum atomic E-state index is -0.207. The number of aromatic nitrogens is 2. The zero-order chi connectivity index (χ0) is 19.3. The van der Waals surface area contributed by atoms with Crippen molar-refractivity contribution in [2.75, 3.05) is 0 Å². The molecule has 1 aromatic heterocycles. The van der Waals surface area contributed by atoms with Crippen molar-refractivity contribution in [3.63, 3.8) is 0 Å². The number of carbonyl (C=O) groups is 1. The zero-order valence-corrected chi connectivity index (χ0v) is 16.8. The summed E-state index contributed by atoms with van der Waals surface area (Å²) in [6, 6.07) is 0.0843. The first-order valence-electron chi connectivity index (χ1n) is 10.7. The number of aromatic amines is 1. The average Bonchev–Trinajstić information content (AvgIpc) is 2.69. The molecule has 0 unspecified atom stereocenters. The van der Waals surface area contributed by atoms with Gasteiger partial charge < -0.3 is 10.6 Å². The van der Waals surface area contributed by atoms with Crippen LogP contribution in [0.3, 0.4) is 0 Å². The quantitative estimate of drug-likeness (QED) is 0.736. The van der Waals surface area contributed by atoms with Crippen molar-refractivity contribution >= 4 is 6.03 Å². The van der Waals surface area contributed by atoms with E-state index in [1.807, 2.05) is 13.8 Å². The van der Waals surface area contributed by atoms with E-state index in [2.05, 4.69) is 20.8 Å². The molecule has 0 bridgehead atoms. The molecule has 6 nitrogen and oxygen atoms in total. The van der Waals surface area contributed by atoms with E-state index in [1.165, 1.54) is 44.9 Å². The Morgan fingerprint density at radius 2 is 1.78 bits per heavy atom. The molecule has 3 rings (SSSR count). The Labute approximate surface area is 161 Å². The predicted molar refractivity (Wildman–Crippen MR) is 107 cm³/mol. The van der Waals surface area contributed by atoms with Gasteiger partial charge in [-0.25, -0.2) is 9.89 Å². The maximum Gasteiger partial charge on any atom is 0.315 e. The van der Waals surface area contributed by atoms with E-state index in [1.54, 1.807) is 0 Å². The highest BCUT2D eigenvalue weighted by Gasteiger charge is 2.36. The minimum Gasteiger partial charge on any atom is -0.335 e. The molecule has 2 aliphatic carbocycles. The van der Waals surface area contributed by atoms with Gasteiger partial charge in [-0.2, -0.15) is 5.10 Å². The van der Waals surface area contributed by atoms with Crippen LogP contribution in [0.1, 0.15) is 88.5 Å². The van der Waals surface area contributed by atoms with Gasteiger partial charge in [-0.3, -0.25) is 4.79 Å². The summed E-state index contributed by atoms with van der Waals surface area (Å²) in [5.74, 6) is 0. The van der Waals surface area contributed by atoms with Gasteiger partial charge in [-0.15, -0.1) is 0 Å². The standard InChI is InChI=1S/C21H34N4O2/c1-3-16-17(19(26)25-24-18(16)4-2)14-22-20(27)23-15-8-12-21(13-9-15)10-6-5-7-11-21/h15H,3-14H2,1-2H3,(H,25,26)(H2,22,23,27). The van der Waals surface area contributed by atoms with Crippen molar-refractivity contribution in [1.82, 2.24) is 20.8 Å². The molecular weight excluding hydrogens is 340 g/mol. The molecule has 6 heteroatoms. The average molecular weight is 375 g/mol. The molecule has 2 aliphatic rings. The largest absolute Gasteiger partial charge is 0.335 e. The number of amides is 2. The van der Waals surface area contributed by atoms with E-state index in [0.29, 0.717) is 11.0 Å². The molecule has 0 aliphatic heterocycles. The third kappa shape index (κ3) is 4.71. The van der Waals surface area contributed by atoms with Crippen LogP contribution in [0, 0.1) is 5.41 Å². The molecule has 150 valence electrons. The first-order chi connectivity index (χ1) is 13.1. The van der Waals surface area contributed by atoms with Crippen LogP contribution in [-0.2, 0) is 19.4 Å². The van der Waals surface area contributed by atoms with E-state index < -0.39 is 0 Å². The second kappa shape index (κ2) is 8.89. The third-order valence-electron chi connectivity index (χ3n) is 6.69. The van der Waals surface area contributed by atoms with E-state index in [0.717, 1.165) is 36.9 Å². The first-order valence-corrected chi connectivity index (χ1v) is 10.7. The smallest absolute Gasteiger partial charge is 0.315 e. The van der Waals surface area contributed by atoms with Gasteiger partial charge in [0.25, 0.3) is 5.56 Å². The lowest BCUT2D eigenvalue weighted by Crippen LogP contribution is -2.45. The Balaban J connectivity index is 1.51. The Hall–Kier alpha value is -1.85. The summed E-state index contributed by atoms with van der Waals surface area (Å²) in [7, 11) is 0. The second-order valence-corrected chi connectivity index (χ2v) is 8.33. The maximum atomic E-state index is 12.4. The second-order valence-electron chi connectivity index (χ2n) is 8.33. The van der Waals surface area contributed by atoms with E-state index in [4.69, 9.17) is 0 Å². The fourth-order valence-electron chi connectivity index (χ4n) is 5.04. The van der Waals surface area contributed by atoms with Crippen molar-refractivity contribution in [3.05, 3.63) is 27.2 Å². The summed E-state index contributed by atoms with van der Waals surface area (Å²) >= 11 is 0. The van der Waals surface area contributed by atoms with Crippen molar-refractivity contribution < 1.29 is 4.79 Å². The number of urea groups is 1. The molecule has 27 heavy (non-hydrogen) atoms. The summed E-state index contributed by atoms with van der Waals surface area (Å²) in [5, 5.41) is 12.7. The van der Waals surface area contributed by atoms with E-state index >= 15 is 0 Å². The lowest BCUT2D eigenvalue weighted by atomic mass is 9.64. The maximum absolute atomic E-state index is 12.4. The van der Waals surface area contributed by atoms with E-state index in [9.17, 15) is 9.59 Å². The Kier molecular flexibility index (Phi) is 6.55. The number of hydrogen-bond donors (Lipinski definition) is 3. The van der Waals surface area contributed by atoms with Gasteiger partial charge in [0.15, 0.2) is 0 Å². The number of aryl methyl sites for hydroxylation is 1. The predicted octanol–water partition coefficient (Wildman–Crippen LogP) is 3.59. The Morgan fingerprint density at radius 3 is 2.41 bits per heavy atom. The van der Waals surface area contributed by atoms with Gasteiger partial charge >= 0.3 is 6.03 Å². The summed E-state index contributed by atoms with van der Waals surface area (Å²) in [4.78, 5) is 24.5. The molecule has 2 amide bonds. The molecular formula is C21H34N4O2. The van der Waals surface area contributed by atoms with Crippen LogP contribution >= 0.6 is 0 Å². The molecule has 2 fully saturated rings. The van der Waals surface area contributed by atoms with E-state index in [-0.39, 0.29) is 24.2 Å². The minimum absolute atomic E-state index is 0.170. The van der Waals surface area contributed by atoms with Crippen molar-refractivity contribution in [1.29, 1.82) is 0 Å². The summed E-state index contributed by atoms with van der Waals surface area (Å²) in [5.41, 5.74) is 2.84. The zero-order valence-electron chi connectivity index (χ0n) is 16.8. The highest BCUT2D eigenvalue weighted by molar-refractivity contribution is 5.74. The Bertz CT molecular complexity index is 697. The van der Waals surface area contributed by atoms with Crippen molar-refractivity contribution in [2.45, 2.75) is 97.1 Å². The van der Waals surface area contributed by atoms with Gasteiger partial charge in [0.05, 0.1) is 12.2 Å². The molecule has 0 saturated heterocycles. The number of nitrogens with zero attached hydrogens (tertiary/aromatic N) is 1. The van der Waals surface area contributed by atoms with Crippen LogP contribution in [0.15, 0.2) is 4.79 Å². The van der Waals surface area contributed by atoms with Crippen LogP contribution in [0.4, 0.5) is 4.79 Å². The summed E-state index contributed by atoms with van der Waals surface area (Å²) in [6.45, 7) is 4.28. The van der Waals surface area contributed by atoms with Gasteiger partial charge in [-0.1, -0.05) is 33.1 Å². The normalized spacial score (nSPS) is 19.8. The highest BCUT2D eigenvalue weighted by atomic mass is 16.2. The third-order valence-corrected chi connectivity index (χ3v) is 6.69. The lowest BCUT2D eigenvalue weighted by Gasteiger charge is -2.43. The number of H-pyrrole nitrogens is 1. The first kappa shape index (κ1) is 19.9. The van der Waals surface area contributed by atoms with Gasteiger partial charge in [0, 0.05) is 11.6 Å². The monoisotopic (exact) mass is 374 g/mol. The number of hydrogen-bond acceptors (Lipinski definition) is 3. The fraction of sp³-hybridized carbons (Fsp3) is 0.762. The van der Waals surface area contributed by atoms with Crippen LogP contribution in [-0.4, -0.2) is 22.3 Å². The van der Waals surface area contributed by atoms with Gasteiger partial charge in [0.2, 0.25) is 0 Å². The van der Waals surface area contributed by atoms with Crippen LogP contribution in [0.5, 0.6) is 0 Å². The number of nitrogens with one attached hydrogen (secondary N) is 3. The van der Waals surface area contributed by atoms with Gasteiger partial charge in [0.1, 0.15) is 0 Å². The molecule has 0 atom stereocenters. The molecule has 2 saturated carbocycles. The molecule has 1 heterocycles. The summed E-state index contributed by atoms with van der Waals surface area (Å²) < 4.78 is 0. The molecule has 0 aromatic carbocycles. The van der Waals surface area contributed by atoms with Crippen LogP contribution in [0.25, 0.3) is 0 Å². The molecule has 1 aromatic rings. The Morgan fingerprint density at radius 1 is 1.07 bits per heavy atom. The molecule has 0 radical (unpaired) electrons. The lowest BCUT2D eigenvalue weighted by molar-refractivity contribution is 0.108.